The van der Waals surface area contributed by atoms with Gasteiger partial charge >= 0.3 is 5.76 Å². The first kappa shape index (κ1) is 14.0. The molecule has 1 aliphatic heterocycles. The molecule has 3 N–H and O–H groups in total. The summed E-state index contributed by atoms with van der Waals surface area (Å²) in [6, 6.07) is 7.14. The van der Waals surface area contributed by atoms with Crippen LogP contribution in [0.5, 0.6) is 0 Å². The van der Waals surface area contributed by atoms with Gasteiger partial charge in [0.15, 0.2) is 5.82 Å². The van der Waals surface area contributed by atoms with Gasteiger partial charge in [-0.2, -0.15) is 0 Å². The number of aromatic amines is 1. The maximum Gasteiger partial charge on any atom is 0.439 e. The molecular weight excluding hydrogens is 292 g/mol. The zero-order chi connectivity index (χ0) is 15.5. The molecule has 1 aromatic carbocycles. The molecule has 1 aromatic heterocycles. The second-order valence-electron chi connectivity index (χ2n) is 4.73. The Hall–Kier alpha value is -2.94. The van der Waals surface area contributed by atoms with Crippen molar-refractivity contribution in [3.8, 4) is 11.4 Å². The largest absolute Gasteiger partial charge is 0.439 e. The van der Waals surface area contributed by atoms with Crippen molar-refractivity contribution in [2.45, 2.75) is 18.9 Å². The van der Waals surface area contributed by atoms with Gasteiger partial charge in [0.2, 0.25) is 5.91 Å². The predicted molar refractivity (Wildman–Crippen MR) is 73.1 cm³/mol. The highest BCUT2D eigenvalue weighted by Crippen LogP contribution is 2.21. The third-order valence-corrected chi connectivity index (χ3v) is 3.20. The number of aromatic nitrogens is 2. The summed E-state index contributed by atoms with van der Waals surface area (Å²) in [5, 5.41) is 16.0. The second-order valence-corrected chi connectivity index (χ2v) is 4.73. The van der Waals surface area contributed by atoms with Crippen LogP contribution < -0.4 is 11.2 Å². The fourth-order valence-electron chi connectivity index (χ4n) is 2.14. The quantitative estimate of drug-likeness (QED) is 0.554. The predicted octanol–water partition coefficient (Wildman–Crippen LogP) is 0.418. The molecule has 9 nitrogen and oxygen atoms in total. The van der Waals surface area contributed by atoms with Gasteiger partial charge in [0.05, 0.1) is 12.1 Å². The highest BCUT2D eigenvalue weighted by Gasteiger charge is 2.24. The van der Waals surface area contributed by atoms with Gasteiger partial charge in [0.25, 0.3) is 0 Å². The zero-order valence-electron chi connectivity index (χ0n) is 11.3. The third-order valence-electron chi connectivity index (χ3n) is 3.20. The Kier molecular flexibility index (Phi) is 3.71. The van der Waals surface area contributed by atoms with Crippen LogP contribution in [0.2, 0.25) is 0 Å². The maximum atomic E-state index is 11.1. The standard InChI is InChI=1S/C13H12N4O5/c18-11(15-20)6-9-5-10(16-21-9)7-1-3-8(4-2-7)12-14-13(19)22-17-12/h1-4,9,20H,5-6H2,(H,15,18)(H,14,17,19). The molecule has 0 aliphatic carbocycles. The van der Waals surface area contributed by atoms with Crippen molar-refractivity contribution < 1.29 is 19.4 Å². The molecular formula is C13H12N4O5. The normalized spacial score (nSPS) is 17.0. The average molecular weight is 304 g/mol. The molecule has 3 rings (SSSR count). The van der Waals surface area contributed by atoms with E-state index in [-0.39, 0.29) is 6.42 Å². The van der Waals surface area contributed by atoms with Gasteiger partial charge in [0, 0.05) is 12.0 Å². The molecule has 1 amide bonds. The van der Waals surface area contributed by atoms with E-state index in [4.69, 9.17) is 10.0 Å². The fraction of sp³-hybridized carbons (Fsp3) is 0.231. The van der Waals surface area contributed by atoms with Crippen LogP contribution in [0, 0.1) is 0 Å². The van der Waals surface area contributed by atoms with Crippen LogP contribution >= 0.6 is 0 Å². The van der Waals surface area contributed by atoms with Crippen LogP contribution in [0.4, 0.5) is 0 Å². The van der Waals surface area contributed by atoms with E-state index in [2.05, 4.69) is 19.8 Å². The van der Waals surface area contributed by atoms with Crippen LogP contribution in [0.25, 0.3) is 11.4 Å². The van der Waals surface area contributed by atoms with Crippen molar-refractivity contribution >= 4 is 11.6 Å². The first-order valence-corrected chi connectivity index (χ1v) is 6.48. The lowest BCUT2D eigenvalue weighted by molar-refractivity contribution is -0.131. The number of benzene rings is 1. The number of hydroxylamine groups is 1. The van der Waals surface area contributed by atoms with Crippen LogP contribution in [-0.4, -0.2) is 33.1 Å². The summed E-state index contributed by atoms with van der Waals surface area (Å²) in [5.41, 5.74) is 3.80. The van der Waals surface area contributed by atoms with Gasteiger partial charge in [-0.3, -0.25) is 19.5 Å². The SMILES string of the molecule is O=C(CC1CC(c2ccc(-c3noc(=O)[nH]3)cc2)=NO1)NO. The Morgan fingerprint density at radius 3 is 2.73 bits per heavy atom. The molecule has 0 radical (unpaired) electrons. The molecule has 114 valence electrons. The topological polar surface area (TPSA) is 130 Å². The lowest BCUT2D eigenvalue weighted by Gasteiger charge is -2.05. The lowest BCUT2D eigenvalue weighted by atomic mass is 10.0. The Morgan fingerprint density at radius 1 is 1.36 bits per heavy atom. The smallest absolute Gasteiger partial charge is 0.391 e. The van der Waals surface area contributed by atoms with Crippen molar-refractivity contribution in [1.29, 1.82) is 0 Å². The Bertz CT molecular complexity index is 761. The van der Waals surface area contributed by atoms with Gasteiger partial charge in [-0.05, 0) is 5.56 Å². The molecule has 0 bridgehead atoms. The third kappa shape index (κ3) is 2.88. The number of nitrogens with zero attached hydrogens (tertiary/aromatic N) is 2. The Morgan fingerprint density at radius 2 is 2.09 bits per heavy atom. The summed E-state index contributed by atoms with van der Waals surface area (Å²) in [4.78, 5) is 29.6. The first-order valence-electron chi connectivity index (χ1n) is 6.48. The van der Waals surface area contributed by atoms with Crippen LogP contribution in [0.3, 0.4) is 0 Å². The van der Waals surface area contributed by atoms with Crippen molar-refractivity contribution in [1.82, 2.24) is 15.6 Å². The monoisotopic (exact) mass is 304 g/mol. The van der Waals surface area contributed by atoms with Gasteiger partial charge < -0.3 is 4.84 Å². The van der Waals surface area contributed by atoms with Crippen molar-refractivity contribution in [3.05, 3.63) is 40.4 Å². The average Bonchev–Trinajstić information content (AvgIpc) is 3.16. The highest BCUT2D eigenvalue weighted by atomic mass is 16.6. The van der Waals surface area contributed by atoms with E-state index in [1.54, 1.807) is 29.7 Å². The second kappa shape index (κ2) is 5.82. The molecule has 1 aliphatic rings. The zero-order valence-corrected chi connectivity index (χ0v) is 11.3. The summed E-state index contributed by atoms with van der Waals surface area (Å²) in [7, 11) is 0. The van der Waals surface area contributed by atoms with E-state index in [0.717, 1.165) is 5.56 Å². The Labute approximate surface area is 123 Å². The highest BCUT2D eigenvalue weighted by molar-refractivity contribution is 6.01. The number of rotatable bonds is 4. The number of hydrogen-bond donors (Lipinski definition) is 3. The fourth-order valence-corrected chi connectivity index (χ4v) is 2.14. The van der Waals surface area contributed by atoms with E-state index >= 15 is 0 Å². The summed E-state index contributed by atoms with van der Waals surface area (Å²) in [6.07, 6.45) is 0.101. The molecule has 1 unspecified atom stereocenters. The molecule has 22 heavy (non-hydrogen) atoms. The van der Waals surface area contributed by atoms with E-state index in [1.165, 1.54) is 0 Å². The molecule has 2 aromatic rings. The summed E-state index contributed by atoms with van der Waals surface area (Å²) >= 11 is 0. The number of carbonyl (C=O) groups is 1. The Balaban J connectivity index is 1.69. The van der Waals surface area contributed by atoms with Gasteiger partial charge in [-0.25, -0.2) is 10.3 Å². The molecule has 0 spiro atoms. The number of hydrogen-bond acceptors (Lipinski definition) is 7. The minimum atomic E-state index is -0.613. The minimum Gasteiger partial charge on any atom is -0.391 e. The molecule has 0 saturated carbocycles. The van der Waals surface area contributed by atoms with Crippen molar-refractivity contribution in [2.75, 3.05) is 0 Å². The van der Waals surface area contributed by atoms with Crippen molar-refractivity contribution in [3.63, 3.8) is 0 Å². The molecule has 2 heterocycles. The maximum absolute atomic E-state index is 11.1. The number of oxime groups is 1. The van der Waals surface area contributed by atoms with E-state index < -0.39 is 17.8 Å². The van der Waals surface area contributed by atoms with Crippen molar-refractivity contribution in [2.24, 2.45) is 5.16 Å². The lowest BCUT2D eigenvalue weighted by Crippen LogP contribution is -2.24. The number of H-pyrrole nitrogens is 1. The molecule has 9 heteroatoms. The van der Waals surface area contributed by atoms with Gasteiger partial charge in [-0.1, -0.05) is 34.6 Å². The van der Waals surface area contributed by atoms with E-state index in [9.17, 15) is 9.59 Å². The van der Waals surface area contributed by atoms with Crippen LogP contribution in [-0.2, 0) is 9.63 Å². The van der Waals surface area contributed by atoms with Crippen LogP contribution in [0.1, 0.15) is 18.4 Å². The summed E-state index contributed by atoms with van der Waals surface area (Å²) in [6.45, 7) is 0. The van der Waals surface area contributed by atoms with Gasteiger partial charge in [-0.15, -0.1) is 0 Å². The molecule has 0 fully saturated rings. The number of carbonyl (C=O) groups excluding carboxylic acids is 1. The summed E-state index contributed by atoms with van der Waals surface area (Å²) < 4.78 is 4.45. The van der Waals surface area contributed by atoms with E-state index in [1.807, 2.05) is 0 Å². The van der Waals surface area contributed by atoms with Gasteiger partial charge in [0.1, 0.15) is 6.10 Å². The summed E-state index contributed by atoms with van der Waals surface area (Å²) in [5.74, 6) is -0.789. The number of nitrogens with one attached hydrogen (secondary N) is 2. The molecule has 0 saturated heterocycles. The number of amides is 1. The minimum absolute atomic E-state index is 0.0295. The van der Waals surface area contributed by atoms with Crippen LogP contribution in [0.15, 0.2) is 38.7 Å². The van der Waals surface area contributed by atoms with E-state index in [0.29, 0.717) is 23.5 Å². The first-order chi connectivity index (χ1) is 10.7. The molecule has 1 atom stereocenters.